The van der Waals surface area contributed by atoms with Crippen LogP contribution in [0.1, 0.15) is 5.69 Å². The minimum absolute atomic E-state index is 0.00724. The lowest BCUT2D eigenvalue weighted by molar-refractivity contribution is -0.141. The number of nitrogens with one attached hydrogen (secondary N) is 1. The number of carbonyl (C=O) groups excluding carboxylic acids is 1. The van der Waals surface area contributed by atoms with Gasteiger partial charge in [-0.25, -0.2) is 9.67 Å². The van der Waals surface area contributed by atoms with Gasteiger partial charge in [0.2, 0.25) is 0 Å². The van der Waals surface area contributed by atoms with Crippen LogP contribution in [0.3, 0.4) is 0 Å². The van der Waals surface area contributed by atoms with Crippen LogP contribution in [0.15, 0.2) is 21.9 Å². The Balaban J connectivity index is 2.02. The fourth-order valence-corrected chi connectivity index (χ4v) is 2.38. The van der Waals surface area contributed by atoms with Crippen molar-refractivity contribution in [1.29, 1.82) is 0 Å². The van der Waals surface area contributed by atoms with Crippen molar-refractivity contribution >= 4 is 34.6 Å². The second-order valence-electron chi connectivity index (χ2n) is 4.07. The van der Waals surface area contributed by atoms with E-state index in [0.29, 0.717) is 18.7 Å². The highest BCUT2D eigenvalue weighted by molar-refractivity contribution is 7.07. The van der Waals surface area contributed by atoms with Gasteiger partial charge >= 0.3 is 5.97 Å². The van der Waals surface area contributed by atoms with Crippen LogP contribution >= 0.6 is 22.9 Å². The zero-order chi connectivity index (χ0) is 15.2. The molecular formula is C12H13ClN4O3S. The van der Waals surface area contributed by atoms with Crippen molar-refractivity contribution in [3.63, 3.8) is 0 Å². The zero-order valence-electron chi connectivity index (χ0n) is 11.2. The Labute approximate surface area is 129 Å². The molecule has 0 fully saturated rings. The van der Waals surface area contributed by atoms with Gasteiger partial charge in [0, 0.05) is 18.3 Å². The number of halogens is 1. The van der Waals surface area contributed by atoms with Crippen LogP contribution in [0.2, 0.25) is 5.02 Å². The lowest BCUT2D eigenvalue weighted by atomic mass is 10.3. The van der Waals surface area contributed by atoms with Gasteiger partial charge < -0.3 is 10.1 Å². The predicted octanol–water partition coefficient (Wildman–Crippen LogP) is 1.18. The Morgan fingerprint density at radius 2 is 2.38 bits per heavy atom. The first-order valence-electron chi connectivity index (χ1n) is 6.05. The molecule has 9 heteroatoms. The fraction of sp³-hybridized carbons (Fsp3) is 0.333. The number of aromatic nitrogens is 3. The van der Waals surface area contributed by atoms with Crippen molar-refractivity contribution in [2.24, 2.45) is 0 Å². The Bertz CT molecular complexity index is 672. The molecule has 0 saturated heterocycles. The molecule has 0 amide bonds. The predicted molar refractivity (Wildman–Crippen MR) is 79.8 cm³/mol. The number of ether oxygens (including phenoxy) is 1. The maximum atomic E-state index is 11.9. The van der Waals surface area contributed by atoms with Gasteiger partial charge in [-0.2, -0.15) is 5.10 Å². The van der Waals surface area contributed by atoms with Gasteiger partial charge in [0.1, 0.15) is 11.6 Å². The second kappa shape index (κ2) is 7.19. The fourth-order valence-electron chi connectivity index (χ4n) is 1.57. The summed E-state index contributed by atoms with van der Waals surface area (Å²) in [5.74, 6) is -0.565. The van der Waals surface area contributed by atoms with Gasteiger partial charge in [-0.3, -0.25) is 9.59 Å². The number of nitrogens with zero attached hydrogens (tertiary/aromatic N) is 3. The molecule has 0 atom stereocenters. The molecule has 7 nitrogen and oxygen atoms in total. The van der Waals surface area contributed by atoms with Gasteiger partial charge in [-0.05, 0) is 0 Å². The quantitative estimate of drug-likeness (QED) is 0.801. The molecule has 21 heavy (non-hydrogen) atoms. The van der Waals surface area contributed by atoms with Gasteiger partial charge in [-0.1, -0.05) is 11.6 Å². The number of carbonyl (C=O) groups is 1. The third-order valence-corrected chi connectivity index (χ3v) is 3.67. The van der Waals surface area contributed by atoms with E-state index in [1.54, 1.807) is 5.51 Å². The van der Waals surface area contributed by atoms with Crippen molar-refractivity contribution in [2.75, 3.05) is 19.0 Å². The number of rotatable bonds is 6. The minimum Gasteiger partial charge on any atom is -0.468 e. The average molecular weight is 329 g/mol. The van der Waals surface area contributed by atoms with Crippen molar-refractivity contribution < 1.29 is 9.53 Å². The van der Waals surface area contributed by atoms with E-state index in [9.17, 15) is 9.59 Å². The minimum atomic E-state index is -0.565. The number of esters is 1. The van der Waals surface area contributed by atoms with Crippen LogP contribution in [0.5, 0.6) is 0 Å². The van der Waals surface area contributed by atoms with Gasteiger partial charge in [0.15, 0.2) is 0 Å². The number of hydrogen-bond donors (Lipinski definition) is 1. The third-order valence-electron chi connectivity index (χ3n) is 2.67. The highest BCUT2D eigenvalue weighted by Crippen LogP contribution is 2.15. The molecule has 0 saturated carbocycles. The molecule has 0 radical (unpaired) electrons. The molecule has 112 valence electrons. The summed E-state index contributed by atoms with van der Waals surface area (Å²) >= 11 is 7.51. The maximum Gasteiger partial charge on any atom is 0.327 e. The molecule has 0 bridgehead atoms. The smallest absolute Gasteiger partial charge is 0.327 e. The first-order chi connectivity index (χ1) is 10.1. The van der Waals surface area contributed by atoms with E-state index in [1.807, 2.05) is 5.38 Å². The Morgan fingerprint density at radius 3 is 3.05 bits per heavy atom. The largest absolute Gasteiger partial charge is 0.468 e. The lowest BCUT2D eigenvalue weighted by Gasteiger charge is -2.09. The molecule has 0 unspecified atom stereocenters. The first-order valence-corrected chi connectivity index (χ1v) is 7.37. The third kappa shape index (κ3) is 4.02. The SMILES string of the molecule is COC(=O)Cn1ncc(NCCc2cscn2)c(Cl)c1=O. The maximum absolute atomic E-state index is 11.9. The molecule has 2 aromatic rings. The van der Waals surface area contributed by atoms with Crippen LogP contribution in [-0.2, 0) is 22.5 Å². The summed E-state index contributed by atoms with van der Waals surface area (Å²) in [7, 11) is 1.24. The van der Waals surface area contributed by atoms with Crippen LogP contribution in [0.4, 0.5) is 5.69 Å². The molecule has 0 aliphatic heterocycles. The molecule has 2 aromatic heterocycles. The highest BCUT2D eigenvalue weighted by atomic mass is 35.5. The first kappa shape index (κ1) is 15.5. The summed E-state index contributed by atoms with van der Waals surface area (Å²) in [6, 6.07) is 0. The molecule has 0 aliphatic rings. The lowest BCUT2D eigenvalue weighted by Crippen LogP contribution is -2.28. The van der Waals surface area contributed by atoms with E-state index in [0.717, 1.165) is 10.4 Å². The van der Waals surface area contributed by atoms with E-state index < -0.39 is 11.5 Å². The van der Waals surface area contributed by atoms with Crippen LogP contribution in [0, 0.1) is 0 Å². The van der Waals surface area contributed by atoms with Crippen LogP contribution in [0.25, 0.3) is 0 Å². The standard InChI is InChI=1S/C12H13ClN4O3S/c1-20-10(18)5-17-12(19)11(13)9(4-16-17)14-3-2-8-6-21-7-15-8/h4,6-7,14H,2-3,5H2,1H3. The van der Waals surface area contributed by atoms with Crippen molar-refractivity contribution in [2.45, 2.75) is 13.0 Å². The van der Waals surface area contributed by atoms with Crippen molar-refractivity contribution in [3.05, 3.63) is 38.2 Å². The van der Waals surface area contributed by atoms with Gasteiger partial charge in [-0.15, -0.1) is 11.3 Å². The second-order valence-corrected chi connectivity index (χ2v) is 5.16. The summed E-state index contributed by atoms with van der Waals surface area (Å²) < 4.78 is 5.44. The van der Waals surface area contributed by atoms with Crippen molar-refractivity contribution in [3.8, 4) is 0 Å². The number of anilines is 1. The molecule has 0 spiro atoms. The number of thiazole rings is 1. The molecule has 2 heterocycles. The van der Waals surface area contributed by atoms with E-state index in [-0.39, 0.29) is 11.6 Å². The molecule has 0 aliphatic carbocycles. The van der Waals surface area contributed by atoms with Crippen LogP contribution in [-0.4, -0.2) is 34.4 Å². The molecule has 0 aromatic carbocycles. The zero-order valence-corrected chi connectivity index (χ0v) is 12.8. The van der Waals surface area contributed by atoms with Gasteiger partial charge in [0.25, 0.3) is 5.56 Å². The molecule has 2 rings (SSSR count). The van der Waals surface area contributed by atoms with Crippen molar-refractivity contribution in [1.82, 2.24) is 14.8 Å². The summed E-state index contributed by atoms with van der Waals surface area (Å²) in [6.45, 7) is 0.305. The van der Waals surface area contributed by atoms with E-state index in [2.05, 4.69) is 20.1 Å². The summed E-state index contributed by atoms with van der Waals surface area (Å²) in [5.41, 5.74) is 2.62. The van der Waals surface area contributed by atoms with E-state index >= 15 is 0 Å². The van der Waals surface area contributed by atoms with E-state index in [1.165, 1.54) is 24.6 Å². The molecular weight excluding hydrogens is 316 g/mol. The highest BCUT2D eigenvalue weighted by Gasteiger charge is 2.11. The summed E-state index contributed by atoms with van der Waals surface area (Å²) in [6.07, 6.45) is 2.12. The van der Waals surface area contributed by atoms with Crippen LogP contribution < -0.4 is 10.9 Å². The monoisotopic (exact) mass is 328 g/mol. The van der Waals surface area contributed by atoms with E-state index in [4.69, 9.17) is 11.6 Å². The number of hydrogen-bond acceptors (Lipinski definition) is 7. The topological polar surface area (TPSA) is 86.1 Å². The summed E-state index contributed by atoms with van der Waals surface area (Å²) in [4.78, 5) is 27.2. The average Bonchev–Trinajstić information content (AvgIpc) is 2.99. The normalized spacial score (nSPS) is 10.4. The Morgan fingerprint density at radius 1 is 1.57 bits per heavy atom. The Hall–Kier alpha value is -1.93. The van der Waals surface area contributed by atoms with Gasteiger partial charge in [0.05, 0.1) is 30.2 Å². The number of methoxy groups -OCH3 is 1. The molecule has 1 N–H and O–H groups in total. The summed E-state index contributed by atoms with van der Waals surface area (Å²) in [5, 5.41) is 8.86. The Kier molecular flexibility index (Phi) is 5.29.